The summed E-state index contributed by atoms with van der Waals surface area (Å²) in [6.07, 6.45) is 3.16. The summed E-state index contributed by atoms with van der Waals surface area (Å²) in [4.78, 5) is 11.9. The number of aromatic nitrogens is 2. The van der Waals surface area contributed by atoms with E-state index < -0.39 is 0 Å². The third-order valence-corrected chi connectivity index (χ3v) is 2.47. The second-order valence-electron chi connectivity index (χ2n) is 4.14. The van der Waals surface area contributed by atoms with Crippen molar-refractivity contribution in [3.63, 3.8) is 0 Å². The Kier molecular flexibility index (Phi) is 2.99. The summed E-state index contributed by atoms with van der Waals surface area (Å²) in [5.41, 5.74) is 0.818. The standard InChI is InChI=1S/C12H15N3O2/c1-8(2)15-10(4-6-13-15)14-12(16)11-9(3)5-7-17-11/h4-8H,1-3H3,(H,14,16). The Bertz CT molecular complexity index is 525. The average Bonchev–Trinajstić information content (AvgIpc) is 2.86. The first-order chi connectivity index (χ1) is 8.09. The highest BCUT2D eigenvalue weighted by atomic mass is 16.3. The Balaban J connectivity index is 2.19. The van der Waals surface area contributed by atoms with Gasteiger partial charge in [-0.2, -0.15) is 5.10 Å². The van der Waals surface area contributed by atoms with Crippen molar-refractivity contribution in [2.24, 2.45) is 0 Å². The lowest BCUT2D eigenvalue weighted by Crippen LogP contribution is -2.16. The molecule has 0 spiro atoms. The molecule has 0 bridgehead atoms. The molecule has 0 saturated heterocycles. The van der Waals surface area contributed by atoms with Crippen LogP contribution in [0.25, 0.3) is 0 Å². The molecule has 0 aliphatic rings. The van der Waals surface area contributed by atoms with Gasteiger partial charge >= 0.3 is 0 Å². The number of anilines is 1. The Morgan fingerprint density at radius 2 is 2.24 bits per heavy atom. The second kappa shape index (κ2) is 4.45. The Morgan fingerprint density at radius 3 is 2.82 bits per heavy atom. The van der Waals surface area contributed by atoms with E-state index in [1.807, 2.05) is 20.8 Å². The average molecular weight is 233 g/mol. The number of rotatable bonds is 3. The van der Waals surface area contributed by atoms with Gasteiger partial charge in [0.05, 0.1) is 12.5 Å². The highest BCUT2D eigenvalue weighted by Crippen LogP contribution is 2.16. The van der Waals surface area contributed by atoms with Crippen LogP contribution in [0.15, 0.2) is 29.0 Å². The van der Waals surface area contributed by atoms with Crippen molar-refractivity contribution < 1.29 is 9.21 Å². The smallest absolute Gasteiger partial charge is 0.292 e. The lowest BCUT2D eigenvalue weighted by molar-refractivity contribution is 0.0994. The summed E-state index contributed by atoms with van der Waals surface area (Å²) in [5.74, 6) is 0.747. The van der Waals surface area contributed by atoms with Crippen LogP contribution in [-0.2, 0) is 0 Å². The van der Waals surface area contributed by atoms with Gasteiger partial charge in [-0.15, -0.1) is 0 Å². The van der Waals surface area contributed by atoms with Gasteiger partial charge in [-0.3, -0.25) is 4.79 Å². The van der Waals surface area contributed by atoms with Gasteiger partial charge in [0.2, 0.25) is 0 Å². The number of carbonyl (C=O) groups is 1. The summed E-state index contributed by atoms with van der Waals surface area (Å²) < 4.78 is 6.88. The fourth-order valence-corrected chi connectivity index (χ4v) is 1.60. The summed E-state index contributed by atoms with van der Waals surface area (Å²) in [6.45, 7) is 5.83. The molecule has 5 heteroatoms. The van der Waals surface area contributed by atoms with Gasteiger partial charge < -0.3 is 9.73 Å². The van der Waals surface area contributed by atoms with Crippen LogP contribution in [-0.4, -0.2) is 15.7 Å². The number of nitrogens with one attached hydrogen (secondary N) is 1. The molecule has 0 aliphatic heterocycles. The largest absolute Gasteiger partial charge is 0.459 e. The number of amides is 1. The number of furan rings is 1. The first-order valence-electron chi connectivity index (χ1n) is 5.48. The molecule has 17 heavy (non-hydrogen) atoms. The Hall–Kier alpha value is -2.04. The van der Waals surface area contributed by atoms with Crippen molar-refractivity contribution in [2.45, 2.75) is 26.8 Å². The molecule has 2 aromatic rings. The molecule has 90 valence electrons. The molecule has 0 atom stereocenters. The minimum absolute atomic E-state index is 0.193. The topological polar surface area (TPSA) is 60.1 Å². The SMILES string of the molecule is Cc1ccoc1C(=O)Nc1ccnn1C(C)C. The van der Waals surface area contributed by atoms with Crippen molar-refractivity contribution in [1.29, 1.82) is 0 Å². The monoisotopic (exact) mass is 233 g/mol. The van der Waals surface area contributed by atoms with E-state index in [0.717, 1.165) is 5.56 Å². The van der Waals surface area contributed by atoms with Crippen LogP contribution in [0.2, 0.25) is 0 Å². The van der Waals surface area contributed by atoms with Gasteiger partial charge in [-0.25, -0.2) is 4.68 Å². The number of aryl methyl sites for hydroxylation is 1. The van der Waals surface area contributed by atoms with Gasteiger partial charge in [0.25, 0.3) is 5.91 Å². The molecule has 5 nitrogen and oxygen atoms in total. The minimum atomic E-state index is -0.255. The van der Waals surface area contributed by atoms with Crippen molar-refractivity contribution in [2.75, 3.05) is 5.32 Å². The number of hydrogen-bond donors (Lipinski definition) is 1. The molecule has 0 saturated carbocycles. The molecule has 0 aliphatic carbocycles. The maximum atomic E-state index is 11.9. The molecule has 1 N–H and O–H groups in total. The Labute approximate surface area is 99.4 Å². The predicted octanol–water partition coefficient (Wildman–Crippen LogP) is 2.62. The zero-order chi connectivity index (χ0) is 12.4. The van der Waals surface area contributed by atoms with Crippen LogP contribution in [0.1, 0.15) is 36.0 Å². The molecule has 2 aromatic heterocycles. The fourth-order valence-electron chi connectivity index (χ4n) is 1.60. The summed E-state index contributed by atoms with van der Waals surface area (Å²) >= 11 is 0. The van der Waals surface area contributed by atoms with Crippen LogP contribution < -0.4 is 5.32 Å². The first-order valence-corrected chi connectivity index (χ1v) is 5.48. The highest BCUT2D eigenvalue weighted by molar-refractivity contribution is 6.02. The van der Waals surface area contributed by atoms with Crippen molar-refractivity contribution in [3.05, 3.63) is 35.9 Å². The van der Waals surface area contributed by atoms with Gasteiger partial charge in [-0.05, 0) is 26.8 Å². The summed E-state index contributed by atoms with van der Waals surface area (Å²) in [5, 5.41) is 6.93. The fraction of sp³-hybridized carbons (Fsp3) is 0.333. The van der Waals surface area contributed by atoms with Crippen LogP contribution in [0.3, 0.4) is 0 Å². The second-order valence-corrected chi connectivity index (χ2v) is 4.14. The highest BCUT2D eigenvalue weighted by Gasteiger charge is 2.15. The number of nitrogens with zero attached hydrogens (tertiary/aromatic N) is 2. The van der Waals surface area contributed by atoms with E-state index in [2.05, 4.69) is 10.4 Å². The van der Waals surface area contributed by atoms with E-state index in [1.54, 1.807) is 23.0 Å². The number of hydrogen-bond acceptors (Lipinski definition) is 3. The summed E-state index contributed by atoms with van der Waals surface area (Å²) in [7, 11) is 0. The van der Waals surface area contributed by atoms with Gasteiger partial charge in [0, 0.05) is 17.7 Å². The maximum Gasteiger partial charge on any atom is 0.292 e. The summed E-state index contributed by atoms with van der Waals surface area (Å²) in [6, 6.07) is 3.71. The van der Waals surface area contributed by atoms with Crippen molar-refractivity contribution >= 4 is 11.7 Å². The molecule has 2 rings (SSSR count). The molecule has 0 fully saturated rings. The van der Waals surface area contributed by atoms with E-state index in [4.69, 9.17) is 4.42 Å². The molecule has 2 heterocycles. The lowest BCUT2D eigenvalue weighted by Gasteiger charge is -2.11. The molecule has 0 radical (unpaired) electrons. The van der Waals surface area contributed by atoms with Crippen LogP contribution in [0.5, 0.6) is 0 Å². The normalized spacial score (nSPS) is 10.8. The van der Waals surface area contributed by atoms with Gasteiger partial charge in [-0.1, -0.05) is 0 Å². The van der Waals surface area contributed by atoms with E-state index >= 15 is 0 Å². The van der Waals surface area contributed by atoms with Crippen molar-refractivity contribution in [1.82, 2.24) is 9.78 Å². The van der Waals surface area contributed by atoms with E-state index in [0.29, 0.717) is 11.6 Å². The first kappa shape index (κ1) is 11.4. The third-order valence-electron chi connectivity index (χ3n) is 2.47. The van der Waals surface area contributed by atoms with Crippen LogP contribution in [0, 0.1) is 6.92 Å². The van der Waals surface area contributed by atoms with Crippen molar-refractivity contribution in [3.8, 4) is 0 Å². The third kappa shape index (κ3) is 2.22. The van der Waals surface area contributed by atoms with E-state index in [1.165, 1.54) is 6.26 Å². The zero-order valence-corrected chi connectivity index (χ0v) is 10.1. The Morgan fingerprint density at radius 1 is 1.47 bits per heavy atom. The molecular formula is C12H15N3O2. The van der Waals surface area contributed by atoms with Gasteiger partial charge in [0.1, 0.15) is 5.82 Å². The predicted molar refractivity (Wildman–Crippen MR) is 64.0 cm³/mol. The quantitative estimate of drug-likeness (QED) is 0.886. The number of carbonyl (C=O) groups excluding carboxylic acids is 1. The lowest BCUT2D eigenvalue weighted by atomic mass is 10.3. The maximum absolute atomic E-state index is 11.9. The van der Waals surface area contributed by atoms with Gasteiger partial charge in [0.15, 0.2) is 5.76 Å². The van der Waals surface area contributed by atoms with E-state index in [-0.39, 0.29) is 11.9 Å². The molecule has 0 aromatic carbocycles. The van der Waals surface area contributed by atoms with E-state index in [9.17, 15) is 4.79 Å². The minimum Gasteiger partial charge on any atom is -0.459 e. The van der Waals surface area contributed by atoms with Crippen LogP contribution >= 0.6 is 0 Å². The molecule has 1 amide bonds. The zero-order valence-electron chi connectivity index (χ0n) is 10.1. The molecule has 0 unspecified atom stereocenters. The molecular weight excluding hydrogens is 218 g/mol. The van der Waals surface area contributed by atoms with Crippen LogP contribution in [0.4, 0.5) is 5.82 Å².